The van der Waals surface area contributed by atoms with E-state index in [9.17, 15) is 4.79 Å². The Morgan fingerprint density at radius 2 is 1.65 bits per heavy atom. The number of hydrogen-bond acceptors (Lipinski definition) is 7. The van der Waals surface area contributed by atoms with Gasteiger partial charge in [0.15, 0.2) is 11.5 Å². The van der Waals surface area contributed by atoms with Crippen molar-refractivity contribution in [2.75, 3.05) is 21.3 Å². The van der Waals surface area contributed by atoms with Crippen molar-refractivity contribution in [3.05, 3.63) is 58.6 Å². The topological polar surface area (TPSA) is 66.9 Å². The Kier molecular flexibility index (Phi) is 7.89. The molecular weight excluding hydrogens is 414 g/mol. The summed E-state index contributed by atoms with van der Waals surface area (Å²) in [6.45, 7) is 2.30. The van der Waals surface area contributed by atoms with Crippen molar-refractivity contribution in [3.63, 3.8) is 0 Å². The van der Waals surface area contributed by atoms with Crippen molar-refractivity contribution in [1.82, 2.24) is 4.98 Å². The van der Waals surface area contributed by atoms with Gasteiger partial charge in [-0.3, -0.25) is 4.79 Å². The predicted octanol–water partition coefficient (Wildman–Crippen LogP) is 5.07. The van der Waals surface area contributed by atoms with Crippen molar-refractivity contribution in [2.45, 2.75) is 32.8 Å². The molecule has 0 atom stereocenters. The van der Waals surface area contributed by atoms with E-state index in [1.54, 1.807) is 32.7 Å². The lowest BCUT2D eigenvalue weighted by Gasteiger charge is -2.14. The number of carbonyl (C=O) groups is 1. The fraction of sp³-hybridized carbons (Fsp3) is 0.333. The third kappa shape index (κ3) is 5.76. The molecule has 2 aromatic carbocycles. The molecule has 3 rings (SSSR count). The highest BCUT2D eigenvalue weighted by molar-refractivity contribution is 7.13. The SMILES string of the molecule is CCc1ccc(-c2nc(COC(=O)CCc3cc(OC)c(OC)c(OC)c3)cs2)cc1. The van der Waals surface area contributed by atoms with Gasteiger partial charge in [-0.2, -0.15) is 0 Å². The number of thiazole rings is 1. The van der Waals surface area contributed by atoms with Crippen LogP contribution in [0.5, 0.6) is 17.2 Å². The van der Waals surface area contributed by atoms with E-state index >= 15 is 0 Å². The first kappa shape index (κ1) is 22.6. The maximum Gasteiger partial charge on any atom is 0.306 e. The number of esters is 1. The summed E-state index contributed by atoms with van der Waals surface area (Å²) < 4.78 is 21.4. The zero-order valence-corrected chi connectivity index (χ0v) is 19.1. The first-order chi connectivity index (χ1) is 15.1. The molecule has 0 aliphatic heterocycles. The van der Waals surface area contributed by atoms with E-state index in [1.807, 2.05) is 17.5 Å². The first-order valence-electron chi connectivity index (χ1n) is 10.1. The van der Waals surface area contributed by atoms with Crippen LogP contribution in [-0.4, -0.2) is 32.3 Å². The van der Waals surface area contributed by atoms with Gasteiger partial charge < -0.3 is 18.9 Å². The normalized spacial score (nSPS) is 10.6. The fourth-order valence-corrected chi connectivity index (χ4v) is 3.95. The number of ether oxygens (including phenoxy) is 4. The van der Waals surface area contributed by atoms with E-state index in [1.165, 1.54) is 5.56 Å². The van der Waals surface area contributed by atoms with E-state index in [-0.39, 0.29) is 19.0 Å². The van der Waals surface area contributed by atoms with Crippen LogP contribution in [0, 0.1) is 0 Å². The van der Waals surface area contributed by atoms with Crippen LogP contribution in [0.15, 0.2) is 41.8 Å². The van der Waals surface area contributed by atoms with E-state index in [0.717, 1.165) is 28.2 Å². The molecule has 31 heavy (non-hydrogen) atoms. The zero-order chi connectivity index (χ0) is 22.2. The Bertz CT molecular complexity index is 988. The summed E-state index contributed by atoms with van der Waals surface area (Å²) in [5.74, 6) is 1.37. The number of rotatable bonds is 10. The minimum absolute atomic E-state index is 0.164. The third-order valence-electron chi connectivity index (χ3n) is 4.88. The minimum atomic E-state index is -0.282. The number of nitrogens with zero attached hydrogens (tertiary/aromatic N) is 1. The molecular formula is C24H27NO5S. The van der Waals surface area contributed by atoms with Crippen LogP contribution in [0.3, 0.4) is 0 Å². The van der Waals surface area contributed by atoms with Crippen molar-refractivity contribution in [1.29, 1.82) is 0 Å². The molecule has 1 heterocycles. The fourth-order valence-electron chi connectivity index (χ4n) is 3.14. The molecule has 0 radical (unpaired) electrons. The number of carbonyl (C=O) groups excluding carboxylic acids is 1. The molecule has 0 saturated heterocycles. The predicted molar refractivity (Wildman–Crippen MR) is 121 cm³/mol. The van der Waals surface area contributed by atoms with Crippen LogP contribution in [0.1, 0.15) is 30.2 Å². The molecule has 0 fully saturated rings. The maximum absolute atomic E-state index is 12.2. The number of hydrogen-bond donors (Lipinski definition) is 0. The Balaban J connectivity index is 1.54. The molecule has 164 valence electrons. The third-order valence-corrected chi connectivity index (χ3v) is 5.82. The van der Waals surface area contributed by atoms with Gasteiger partial charge >= 0.3 is 5.97 Å². The highest BCUT2D eigenvalue weighted by atomic mass is 32.1. The van der Waals surface area contributed by atoms with Gasteiger partial charge in [-0.15, -0.1) is 11.3 Å². The summed E-state index contributed by atoms with van der Waals surface area (Å²) in [6.07, 6.45) is 1.76. The molecule has 0 bridgehead atoms. The minimum Gasteiger partial charge on any atom is -0.493 e. The van der Waals surface area contributed by atoms with E-state index in [2.05, 4.69) is 36.2 Å². The quantitative estimate of drug-likeness (QED) is 0.409. The molecule has 0 spiro atoms. The van der Waals surface area contributed by atoms with Gasteiger partial charge in [0.2, 0.25) is 5.75 Å². The van der Waals surface area contributed by atoms with Gasteiger partial charge in [0.1, 0.15) is 11.6 Å². The summed E-state index contributed by atoms with van der Waals surface area (Å²) in [6, 6.07) is 12.0. The molecule has 0 aliphatic rings. The Morgan fingerprint density at radius 1 is 0.968 bits per heavy atom. The average molecular weight is 442 g/mol. The first-order valence-corrected chi connectivity index (χ1v) is 10.9. The highest BCUT2D eigenvalue weighted by Gasteiger charge is 2.14. The van der Waals surface area contributed by atoms with Crippen LogP contribution in [0.4, 0.5) is 0 Å². The lowest BCUT2D eigenvalue weighted by atomic mass is 10.1. The lowest BCUT2D eigenvalue weighted by molar-refractivity contribution is -0.145. The number of benzene rings is 2. The van der Waals surface area contributed by atoms with Crippen LogP contribution in [0.25, 0.3) is 10.6 Å². The molecule has 0 saturated carbocycles. The van der Waals surface area contributed by atoms with Gasteiger partial charge in [0.25, 0.3) is 0 Å². The molecule has 6 nitrogen and oxygen atoms in total. The van der Waals surface area contributed by atoms with Gasteiger partial charge in [-0.1, -0.05) is 31.2 Å². The molecule has 3 aromatic rings. The Morgan fingerprint density at radius 3 is 2.23 bits per heavy atom. The molecule has 0 amide bonds. The second-order valence-corrected chi connectivity index (χ2v) is 7.75. The molecule has 1 aromatic heterocycles. The van der Waals surface area contributed by atoms with Crippen molar-refractivity contribution in [2.24, 2.45) is 0 Å². The second kappa shape index (κ2) is 10.8. The van der Waals surface area contributed by atoms with Crippen LogP contribution >= 0.6 is 11.3 Å². The summed E-state index contributed by atoms with van der Waals surface area (Å²) >= 11 is 1.55. The van der Waals surface area contributed by atoms with E-state index < -0.39 is 0 Å². The lowest BCUT2D eigenvalue weighted by Crippen LogP contribution is -2.06. The molecule has 0 aliphatic carbocycles. The molecule has 7 heteroatoms. The summed E-state index contributed by atoms with van der Waals surface area (Å²) in [5.41, 5.74) is 4.02. The summed E-state index contributed by atoms with van der Waals surface area (Å²) in [5, 5.41) is 2.85. The Hall–Kier alpha value is -3.06. The van der Waals surface area contributed by atoms with E-state index in [0.29, 0.717) is 23.7 Å². The standard InChI is InChI=1S/C24H27NO5S/c1-5-16-6-9-18(10-7-16)24-25-19(15-31-24)14-30-22(26)11-8-17-12-20(27-2)23(29-4)21(13-17)28-3/h6-7,9-10,12-13,15H,5,8,11,14H2,1-4H3. The van der Waals surface area contributed by atoms with Gasteiger partial charge in [-0.25, -0.2) is 4.98 Å². The van der Waals surface area contributed by atoms with Crippen molar-refractivity contribution in [3.8, 4) is 27.8 Å². The van der Waals surface area contributed by atoms with Crippen molar-refractivity contribution < 1.29 is 23.7 Å². The molecule has 0 N–H and O–H groups in total. The monoisotopic (exact) mass is 441 g/mol. The molecule has 0 unspecified atom stereocenters. The van der Waals surface area contributed by atoms with Crippen molar-refractivity contribution >= 4 is 17.3 Å². The van der Waals surface area contributed by atoms with E-state index in [4.69, 9.17) is 18.9 Å². The van der Waals surface area contributed by atoms with Crippen LogP contribution < -0.4 is 14.2 Å². The average Bonchev–Trinajstić information content (AvgIpc) is 3.29. The van der Waals surface area contributed by atoms with Crippen LogP contribution in [0.2, 0.25) is 0 Å². The van der Waals surface area contributed by atoms with Crippen LogP contribution in [-0.2, 0) is 29.0 Å². The number of aryl methyl sites for hydroxylation is 2. The Labute approximate surface area is 186 Å². The summed E-state index contributed by atoms with van der Waals surface area (Å²) in [4.78, 5) is 16.8. The van der Waals surface area contributed by atoms with Gasteiger partial charge in [-0.05, 0) is 36.1 Å². The largest absolute Gasteiger partial charge is 0.493 e. The second-order valence-electron chi connectivity index (χ2n) is 6.89. The zero-order valence-electron chi connectivity index (χ0n) is 18.3. The summed E-state index contributed by atoms with van der Waals surface area (Å²) in [7, 11) is 4.69. The smallest absolute Gasteiger partial charge is 0.306 e. The highest BCUT2D eigenvalue weighted by Crippen LogP contribution is 2.38. The van der Waals surface area contributed by atoms with Gasteiger partial charge in [0.05, 0.1) is 27.0 Å². The van der Waals surface area contributed by atoms with Gasteiger partial charge in [0, 0.05) is 17.4 Å². The maximum atomic E-state index is 12.2. The number of methoxy groups -OCH3 is 3. The number of aromatic nitrogens is 1.